The van der Waals surface area contributed by atoms with Gasteiger partial charge in [-0.3, -0.25) is 19.6 Å². The van der Waals surface area contributed by atoms with Crippen LogP contribution in [0.5, 0.6) is 0 Å². The van der Waals surface area contributed by atoms with E-state index in [-0.39, 0.29) is 11.4 Å². The van der Waals surface area contributed by atoms with Crippen molar-refractivity contribution in [1.29, 1.82) is 0 Å². The number of likely N-dealkylation sites (N-methyl/N-ethyl adjacent to an activating group) is 1. The van der Waals surface area contributed by atoms with E-state index < -0.39 is 5.54 Å². The van der Waals surface area contributed by atoms with Gasteiger partial charge in [-0.05, 0) is 51.4 Å². The molecule has 2 atom stereocenters. The van der Waals surface area contributed by atoms with Crippen LogP contribution >= 0.6 is 0 Å². The van der Waals surface area contributed by atoms with E-state index in [9.17, 15) is 4.79 Å². The Morgan fingerprint density at radius 3 is 2.67 bits per heavy atom. The van der Waals surface area contributed by atoms with E-state index in [0.29, 0.717) is 24.8 Å². The van der Waals surface area contributed by atoms with Crippen LogP contribution in [0.2, 0.25) is 0 Å². The van der Waals surface area contributed by atoms with Crippen molar-refractivity contribution in [1.82, 2.24) is 14.8 Å². The van der Waals surface area contributed by atoms with Gasteiger partial charge >= 0.3 is 0 Å². The Balaban J connectivity index is 1.55. The molecule has 0 radical (unpaired) electrons. The molecule has 2 aliphatic rings. The van der Waals surface area contributed by atoms with Crippen LogP contribution in [-0.4, -0.2) is 64.5 Å². The molecule has 2 fully saturated rings. The smallest absolute Gasteiger partial charge is 0.201 e. The molecule has 5 nitrogen and oxygen atoms in total. The number of pyridine rings is 1. The number of hydrogen-bond acceptors (Lipinski definition) is 5. The van der Waals surface area contributed by atoms with Gasteiger partial charge in [-0.15, -0.1) is 0 Å². The van der Waals surface area contributed by atoms with Crippen LogP contribution < -0.4 is 0 Å². The maximum Gasteiger partial charge on any atom is 0.201 e. The third kappa shape index (κ3) is 4.34. The van der Waals surface area contributed by atoms with Gasteiger partial charge in [-0.2, -0.15) is 0 Å². The number of Topliss-reactive ketones (excluding diaryl/α,β-unsaturated/α-hetero) is 1. The minimum Gasteiger partial charge on any atom is -0.375 e. The summed E-state index contributed by atoms with van der Waals surface area (Å²) in [6.45, 7) is 7.56. The second-order valence-corrected chi connectivity index (χ2v) is 9.40. The third-order valence-corrected chi connectivity index (χ3v) is 6.71. The highest BCUT2D eigenvalue weighted by molar-refractivity contribution is 6.02. The molecular weight excluding hydrogens is 374 g/mol. The topological polar surface area (TPSA) is 45.7 Å². The summed E-state index contributed by atoms with van der Waals surface area (Å²) in [6.07, 6.45) is 4.21. The number of ketones is 1. The number of carbonyl (C=O) groups is 1. The van der Waals surface area contributed by atoms with Crippen molar-refractivity contribution in [3.8, 4) is 0 Å². The highest BCUT2D eigenvalue weighted by atomic mass is 16.5. The monoisotopic (exact) mass is 407 g/mol. The van der Waals surface area contributed by atoms with Gasteiger partial charge in [0.05, 0.1) is 11.1 Å². The Morgan fingerprint density at radius 1 is 1.20 bits per heavy atom. The van der Waals surface area contributed by atoms with E-state index in [0.717, 1.165) is 32.5 Å². The van der Waals surface area contributed by atoms with E-state index in [1.165, 1.54) is 5.56 Å². The summed E-state index contributed by atoms with van der Waals surface area (Å²) in [5.41, 5.74) is 1.02. The molecule has 2 saturated heterocycles. The number of ether oxygens (including phenoxy) is 1. The fourth-order valence-electron chi connectivity index (χ4n) is 5.17. The number of carbonyl (C=O) groups excluding carboxylic acids is 1. The number of likely N-dealkylation sites (tertiary alicyclic amines) is 1. The standard InChI is InChI=1S/C25H33N3O2/c1-24(2)19-25(13-16-30-24,23(29)22-11-7-8-14-26-22)28-15-12-21(18-28)27(3)17-20-9-5-4-6-10-20/h4-11,14,21H,12-13,15-19H2,1-3H3/t21-,25-/m1/s1. The van der Waals surface area contributed by atoms with Crippen molar-refractivity contribution in [2.45, 2.75) is 56.8 Å². The average molecular weight is 408 g/mol. The first kappa shape index (κ1) is 21.2. The van der Waals surface area contributed by atoms with Gasteiger partial charge < -0.3 is 4.74 Å². The Kier molecular flexibility index (Phi) is 6.05. The summed E-state index contributed by atoms with van der Waals surface area (Å²) in [5, 5.41) is 0. The lowest BCUT2D eigenvalue weighted by molar-refractivity contribution is -0.104. The number of hydrogen-bond donors (Lipinski definition) is 0. The molecule has 0 N–H and O–H groups in total. The second kappa shape index (κ2) is 8.58. The lowest BCUT2D eigenvalue weighted by Crippen LogP contribution is -2.61. The van der Waals surface area contributed by atoms with Crippen LogP contribution in [-0.2, 0) is 11.3 Å². The molecule has 0 bridgehead atoms. The van der Waals surface area contributed by atoms with Crippen molar-refractivity contribution < 1.29 is 9.53 Å². The van der Waals surface area contributed by atoms with Crippen molar-refractivity contribution in [2.75, 3.05) is 26.7 Å². The molecule has 5 heteroatoms. The van der Waals surface area contributed by atoms with E-state index in [1.54, 1.807) is 6.20 Å². The van der Waals surface area contributed by atoms with Crippen LogP contribution in [0, 0.1) is 0 Å². The van der Waals surface area contributed by atoms with Crippen molar-refractivity contribution >= 4 is 5.78 Å². The third-order valence-electron chi connectivity index (χ3n) is 6.71. The molecule has 30 heavy (non-hydrogen) atoms. The van der Waals surface area contributed by atoms with Crippen LogP contribution in [0.1, 0.15) is 49.2 Å². The molecule has 0 aliphatic carbocycles. The fourth-order valence-corrected chi connectivity index (χ4v) is 5.17. The van der Waals surface area contributed by atoms with E-state index >= 15 is 0 Å². The molecular formula is C25H33N3O2. The first-order valence-corrected chi connectivity index (χ1v) is 11.0. The molecule has 2 aliphatic heterocycles. The zero-order valence-corrected chi connectivity index (χ0v) is 18.4. The van der Waals surface area contributed by atoms with Gasteiger partial charge in [0.1, 0.15) is 5.69 Å². The van der Waals surface area contributed by atoms with Crippen LogP contribution in [0.4, 0.5) is 0 Å². The largest absolute Gasteiger partial charge is 0.375 e. The predicted octanol–water partition coefficient (Wildman–Crippen LogP) is 3.80. The van der Waals surface area contributed by atoms with Crippen molar-refractivity contribution in [3.05, 3.63) is 66.0 Å². The van der Waals surface area contributed by atoms with Gasteiger partial charge in [0.2, 0.25) is 5.78 Å². The SMILES string of the molecule is CN(Cc1ccccc1)[C@@H]1CCN([C@]2(C(=O)c3ccccn3)CCOC(C)(C)C2)C1. The molecule has 4 rings (SSSR count). The normalized spacial score (nSPS) is 26.7. The molecule has 1 aromatic carbocycles. The van der Waals surface area contributed by atoms with Crippen LogP contribution in [0.25, 0.3) is 0 Å². The van der Waals surface area contributed by atoms with E-state index in [4.69, 9.17) is 4.74 Å². The number of rotatable bonds is 6. The zero-order chi connectivity index (χ0) is 21.2. The summed E-state index contributed by atoms with van der Waals surface area (Å²) in [4.78, 5) is 23.1. The Morgan fingerprint density at radius 2 is 1.97 bits per heavy atom. The fraction of sp³-hybridized carbons (Fsp3) is 0.520. The van der Waals surface area contributed by atoms with Crippen molar-refractivity contribution in [2.24, 2.45) is 0 Å². The average Bonchev–Trinajstić information content (AvgIpc) is 3.25. The first-order valence-electron chi connectivity index (χ1n) is 11.0. The summed E-state index contributed by atoms with van der Waals surface area (Å²) in [5.74, 6) is 0.144. The minimum absolute atomic E-state index is 0.144. The summed E-state index contributed by atoms with van der Waals surface area (Å²) in [6, 6.07) is 16.6. The summed E-state index contributed by atoms with van der Waals surface area (Å²) in [7, 11) is 2.20. The number of benzene rings is 1. The molecule has 2 aromatic rings. The van der Waals surface area contributed by atoms with E-state index in [2.05, 4.69) is 66.0 Å². The minimum atomic E-state index is -0.543. The molecule has 0 spiro atoms. The molecule has 0 saturated carbocycles. The predicted molar refractivity (Wildman–Crippen MR) is 118 cm³/mol. The van der Waals surface area contributed by atoms with Gasteiger partial charge in [-0.25, -0.2) is 0 Å². The highest BCUT2D eigenvalue weighted by Crippen LogP contribution is 2.40. The maximum atomic E-state index is 13.8. The van der Waals surface area contributed by atoms with Gasteiger partial charge in [-0.1, -0.05) is 36.4 Å². The Bertz CT molecular complexity index is 855. The van der Waals surface area contributed by atoms with E-state index in [1.807, 2.05) is 18.2 Å². The quantitative estimate of drug-likeness (QED) is 0.682. The lowest BCUT2D eigenvalue weighted by Gasteiger charge is -2.48. The number of aromatic nitrogens is 1. The van der Waals surface area contributed by atoms with Crippen molar-refractivity contribution in [3.63, 3.8) is 0 Å². The van der Waals surface area contributed by atoms with Crippen LogP contribution in [0.3, 0.4) is 0 Å². The molecule has 1 aromatic heterocycles. The van der Waals surface area contributed by atoms with Crippen LogP contribution in [0.15, 0.2) is 54.7 Å². The molecule has 3 heterocycles. The summed E-state index contributed by atoms with van der Waals surface area (Å²) >= 11 is 0. The Labute approximate surface area is 180 Å². The number of nitrogens with zero attached hydrogens (tertiary/aromatic N) is 3. The highest BCUT2D eigenvalue weighted by Gasteiger charge is 2.52. The first-order chi connectivity index (χ1) is 14.4. The van der Waals surface area contributed by atoms with Gasteiger partial charge in [0.25, 0.3) is 0 Å². The lowest BCUT2D eigenvalue weighted by atomic mass is 9.76. The zero-order valence-electron chi connectivity index (χ0n) is 18.4. The second-order valence-electron chi connectivity index (χ2n) is 9.40. The maximum absolute atomic E-state index is 13.8. The molecule has 0 unspecified atom stereocenters. The Hall–Kier alpha value is -2.08. The van der Waals surface area contributed by atoms with Gasteiger partial charge in [0.15, 0.2) is 0 Å². The summed E-state index contributed by atoms with van der Waals surface area (Å²) < 4.78 is 6.01. The molecule has 0 amide bonds. The van der Waals surface area contributed by atoms with Gasteiger partial charge in [0, 0.05) is 44.9 Å². The molecule has 160 valence electrons.